The third-order valence-corrected chi connectivity index (χ3v) is 5.15. The van der Waals surface area contributed by atoms with Crippen molar-refractivity contribution in [2.24, 2.45) is 5.73 Å². The highest BCUT2D eigenvalue weighted by Gasteiger charge is 2.07. The number of benzene rings is 2. The molecule has 0 radical (unpaired) electrons. The molecule has 0 amide bonds. The monoisotopic (exact) mass is 372 g/mol. The molecule has 24 heavy (non-hydrogen) atoms. The van der Waals surface area contributed by atoms with Gasteiger partial charge in [-0.25, -0.2) is 0 Å². The number of halogens is 1. The molecule has 0 aliphatic carbocycles. The normalized spacial score (nSPS) is 11.2. The standard InChI is InChI=1S/C19H17ClN2S2/c1-12-7-13(2)16(9-14(12)8-15(10-21)19(22)23)11-24-18-5-3-17(20)4-6-18/h3-9H,11H2,1-2H3,(H2,22,23). The van der Waals surface area contributed by atoms with Crippen LogP contribution in [0.2, 0.25) is 5.02 Å². The highest BCUT2D eigenvalue weighted by molar-refractivity contribution is 7.98. The summed E-state index contributed by atoms with van der Waals surface area (Å²) in [6, 6.07) is 14.1. The van der Waals surface area contributed by atoms with Gasteiger partial charge in [0.15, 0.2) is 0 Å². The summed E-state index contributed by atoms with van der Waals surface area (Å²) in [6.45, 7) is 4.11. The lowest BCUT2D eigenvalue weighted by molar-refractivity contribution is 1.26. The molecule has 0 heterocycles. The van der Waals surface area contributed by atoms with Gasteiger partial charge < -0.3 is 5.73 Å². The summed E-state index contributed by atoms with van der Waals surface area (Å²) in [7, 11) is 0. The Morgan fingerprint density at radius 2 is 1.92 bits per heavy atom. The summed E-state index contributed by atoms with van der Waals surface area (Å²) in [4.78, 5) is 1.28. The van der Waals surface area contributed by atoms with Crippen LogP contribution in [-0.2, 0) is 5.75 Å². The predicted molar refractivity (Wildman–Crippen MR) is 107 cm³/mol. The molecular formula is C19H17ClN2S2. The highest BCUT2D eigenvalue weighted by Crippen LogP contribution is 2.27. The summed E-state index contributed by atoms with van der Waals surface area (Å²) in [5, 5.41) is 9.88. The Morgan fingerprint density at radius 1 is 1.25 bits per heavy atom. The maximum atomic E-state index is 9.15. The lowest BCUT2D eigenvalue weighted by atomic mass is 9.99. The number of thiocarbonyl (C=S) groups is 1. The summed E-state index contributed by atoms with van der Waals surface area (Å²) >= 11 is 12.6. The van der Waals surface area contributed by atoms with Crippen LogP contribution in [0.15, 0.2) is 46.9 Å². The van der Waals surface area contributed by atoms with Crippen molar-refractivity contribution in [3.63, 3.8) is 0 Å². The number of hydrogen-bond donors (Lipinski definition) is 1. The van der Waals surface area contributed by atoms with E-state index in [4.69, 9.17) is 34.8 Å². The van der Waals surface area contributed by atoms with E-state index in [-0.39, 0.29) is 4.99 Å². The Morgan fingerprint density at radius 3 is 2.50 bits per heavy atom. The first kappa shape index (κ1) is 18.5. The molecule has 2 aromatic rings. The van der Waals surface area contributed by atoms with Crippen molar-refractivity contribution in [2.75, 3.05) is 0 Å². The summed E-state index contributed by atoms with van der Waals surface area (Å²) in [5.41, 5.74) is 10.4. The van der Waals surface area contributed by atoms with Gasteiger partial charge in [-0.2, -0.15) is 5.26 Å². The molecule has 0 bridgehead atoms. The van der Waals surface area contributed by atoms with Crippen LogP contribution in [0.1, 0.15) is 22.3 Å². The van der Waals surface area contributed by atoms with Crippen molar-refractivity contribution < 1.29 is 0 Å². The average molecular weight is 373 g/mol. The second-order valence-electron chi connectivity index (χ2n) is 5.41. The van der Waals surface area contributed by atoms with Gasteiger partial charge in [0.25, 0.3) is 0 Å². The van der Waals surface area contributed by atoms with Gasteiger partial charge >= 0.3 is 0 Å². The first-order valence-electron chi connectivity index (χ1n) is 7.31. The minimum atomic E-state index is 0.120. The first-order valence-corrected chi connectivity index (χ1v) is 9.08. The van der Waals surface area contributed by atoms with E-state index in [1.165, 1.54) is 11.1 Å². The van der Waals surface area contributed by atoms with Gasteiger partial charge in [0.1, 0.15) is 11.1 Å². The third kappa shape index (κ3) is 4.85. The number of nitriles is 1. The molecule has 5 heteroatoms. The number of nitrogens with zero attached hydrogens (tertiary/aromatic N) is 1. The summed E-state index contributed by atoms with van der Waals surface area (Å²) in [6.07, 6.45) is 1.76. The molecule has 2 rings (SSSR count). The molecule has 0 fully saturated rings. The molecule has 2 aromatic carbocycles. The average Bonchev–Trinajstić information content (AvgIpc) is 2.54. The van der Waals surface area contributed by atoms with E-state index in [9.17, 15) is 0 Å². The van der Waals surface area contributed by atoms with E-state index in [0.717, 1.165) is 26.8 Å². The van der Waals surface area contributed by atoms with Gasteiger partial charge in [0.2, 0.25) is 0 Å². The summed E-state index contributed by atoms with van der Waals surface area (Å²) in [5.74, 6) is 0.837. The minimum Gasteiger partial charge on any atom is -0.389 e. The molecule has 0 aliphatic heterocycles. The predicted octanol–water partition coefficient (Wildman–Crippen LogP) is 5.44. The van der Waals surface area contributed by atoms with E-state index in [0.29, 0.717) is 5.57 Å². The van der Waals surface area contributed by atoms with Crippen LogP contribution < -0.4 is 5.73 Å². The molecule has 0 spiro atoms. The van der Waals surface area contributed by atoms with Crippen LogP contribution in [0.25, 0.3) is 6.08 Å². The van der Waals surface area contributed by atoms with Crippen LogP contribution in [0.3, 0.4) is 0 Å². The highest BCUT2D eigenvalue weighted by atomic mass is 35.5. The fourth-order valence-corrected chi connectivity index (χ4v) is 3.43. The van der Waals surface area contributed by atoms with Crippen molar-refractivity contribution in [3.8, 4) is 6.07 Å². The molecule has 2 N–H and O–H groups in total. The maximum Gasteiger partial charge on any atom is 0.114 e. The zero-order chi connectivity index (χ0) is 17.7. The largest absolute Gasteiger partial charge is 0.389 e. The van der Waals surface area contributed by atoms with Crippen molar-refractivity contribution in [3.05, 3.63) is 69.2 Å². The van der Waals surface area contributed by atoms with Crippen LogP contribution in [0.4, 0.5) is 0 Å². The Kier molecular flexibility index (Phi) is 6.44. The number of thioether (sulfide) groups is 1. The van der Waals surface area contributed by atoms with Gasteiger partial charge in [0, 0.05) is 15.7 Å². The fraction of sp³-hybridized carbons (Fsp3) is 0.158. The molecule has 0 unspecified atom stereocenters. The molecule has 0 saturated heterocycles. The van der Waals surface area contributed by atoms with Crippen molar-refractivity contribution in [1.82, 2.24) is 0 Å². The molecule has 0 saturated carbocycles. The Balaban J connectivity index is 2.27. The zero-order valence-corrected chi connectivity index (χ0v) is 15.9. The smallest absolute Gasteiger partial charge is 0.114 e. The number of hydrogen-bond acceptors (Lipinski definition) is 3. The van der Waals surface area contributed by atoms with Gasteiger partial charge in [0.05, 0.1) is 5.57 Å². The van der Waals surface area contributed by atoms with E-state index in [1.54, 1.807) is 17.8 Å². The third-order valence-electron chi connectivity index (χ3n) is 3.62. The van der Waals surface area contributed by atoms with Crippen LogP contribution >= 0.6 is 35.6 Å². The summed E-state index contributed by atoms with van der Waals surface area (Å²) < 4.78 is 0. The number of aryl methyl sites for hydroxylation is 2. The number of nitrogens with two attached hydrogens (primary N) is 1. The van der Waals surface area contributed by atoms with Crippen LogP contribution in [-0.4, -0.2) is 4.99 Å². The molecule has 2 nitrogen and oxygen atoms in total. The molecule has 0 aromatic heterocycles. The minimum absolute atomic E-state index is 0.120. The van der Waals surface area contributed by atoms with Gasteiger partial charge in [-0.05, 0) is 66.4 Å². The van der Waals surface area contributed by atoms with Crippen LogP contribution in [0.5, 0.6) is 0 Å². The lowest BCUT2D eigenvalue weighted by Gasteiger charge is -2.11. The topological polar surface area (TPSA) is 49.8 Å². The number of rotatable bonds is 5. The van der Waals surface area contributed by atoms with Gasteiger partial charge in [-0.3, -0.25) is 0 Å². The zero-order valence-electron chi connectivity index (χ0n) is 13.5. The second-order valence-corrected chi connectivity index (χ2v) is 7.34. The Bertz CT molecular complexity index is 834. The molecule has 122 valence electrons. The van der Waals surface area contributed by atoms with Crippen molar-refractivity contribution >= 4 is 46.6 Å². The SMILES string of the molecule is Cc1cc(C)c(CSc2ccc(Cl)cc2)cc1C=C(C#N)C(N)=S. The van der Waals surface area contributed by atoms with Crippen LogP contribution in [0, 0.1) is 25.2 Å². The molecule has 0 atom stereocenters. The maximum absolute atomic E-state index is 9.15. The lowest BCUT2D eigenvalue weighted by Crippen LogP contribution is -2.09. The van der Waals surface area contributed by atoms with E-state index in [2.05, 4.69) is 25.1 Å². The molecular weight excluding hydrogens is 356 g/mol. The van der Waals surface area contributed by atoms with Crippen molar-refractivity contribution in [1.29, 1.82) is 5.26 Å². The second kappa shape index (κ2) is 8.34. The van der Waals surface area contributed by atoms with E-state index < -0.39 is 0 Å². The van der Waals surface area contributed by atoms with Gasteiger partial charge in [-0.15, -0.1) is 11.8 Å². The fourth-order valence-electron chi connectivity index (χ4n) is 2.23. The Hall–Kier alpha value is -1.80. The van der Waals surface area contributed by atoms with E-state index >= 15 is 0 Å². The van der Waals surface area contributed by atoms with Crippen molar-refractivity contribution in [2.45, 2.75) is 24.5 Å². The van der Waals surface area contributed by atoms with Gasteiger partial charge in [-0.1, -0.05) is 36.0 Å². The van der Waals surface area contributed by atoms with E-state index in [1.807, 2.05) is 31.2 Å². The quantitative estimate of drug-likeness (QED) is 0.328. The Labute approximate surface area is 157 Å². The first-order chi connectivity index (χ1) is 11.4. The molecule has 0 aliphatic rings.